The number of hydrogen-bond donors (Lipinski definition) is 1. The number of rotatable bonds is 19. The Hall–Kier alpha value is -1.63. The summed E-state index contributed by atoms with van der Waals surface area (Å²) in [7, 11) is 0. The van der Waals surface area contributed by atoms with Crippen molar-refractivity contribution in [3.63, 3.8) is 0 Å². The molecule has 0 aliphatic rings. The number of carbonyl (C=O) groups is 1. The number of halogens is 1. The number of carbonyl (C=O) groups excluding carboxylic acids is 1. The van der Waals surface area contributed by atoms with Crippen LogP contribution in [0.4, 0.5) is 0 Å². The summed E-state index contributed by atoms with van der Waals surface area (Å²) in [5, 5.41) is 3.11. The number of hydrogen-bond acceptors (Lipinski definition) is 2. The summed E-state index contributed by atoms with van der Waals surface area (Å²) in [6, 6.07) is 12.0. The van der Waals surface area contributed by atoms with Gasteiger partial charge in [0.05, 0.1) is 6.61 Å². The Balaban J connectivity index is 0.00000760. The molecule has 0 fully saturated rings. The maximum atomic E-state index is 13.0. The van der Waals surface area contributed by atoms with Gasteiger partial charge in [-0.25, -0.2) is 4.57 Å². The van der Waals surface area contributed by atoms with E-state index in [0.29, 0.717) is 12.1 Å². The van der Waals surface area contributed by atoms with Crippen LogP contribution in [-0.4, -0.2) is 12.5 Å². The molecule has 2 rings (SSSR count). The van der Waals surface area contributed by atoms with Gasteiger partial charge in [-0.1, -0.05) is 111 Å². The van der Waals surface area contributed by atoms with Crippen molar-refractivity contribution < 1.29 is 38.1 Å². The second-order valence-electron chi connectivity index (χ2n) is 11.8. The fourth-order valence-electron chi connectivity index (χ4n) is 4.91. The fraction of sp³-hybridized carbons (Fsp3) is 0.647. The zero-order valence-electron chi connectivity index (χ0n) is 25.5. The molecule has 0 bridgehead atoms. The number of aromatic nitrogens is 1. The van der Waals surface area contributed by atoms with Crippen LogP contribution in [0.2, 0.25) is 0 Å². The summed E-state index contributed by atoms with van der Waals surface area (Å²) in [6.45, 7) is 13.2. The number of unbranched alkanes of at least 4 members (excludes halogenated alkanes) is 11. The van der Waals surface area contributed by atoms with Crippen LogP contribution in [-0.2, 0) is 18.5 Å². The highest BCUT2D eigenvalue weighted by atomic mass is 127. The van der Waals surface area contributed by atoms with Crippen LogP contribution in [0.25, 0.3) is 0 Å². The zero-order valence-corrected chi connectivity index (χ0v) is 27.7. The van der Waals surface area contributed by atoms with Gasteiger partial charge in [-0.3, -0.25) is 4.79 Å². The van der Waals surface area contributed by atoms with E-state index in [1.54, 1.807) is 0 Å². The van der Waals surface area contributed by atoms with Crippen LogP contribution in [0, 0.1) is 0 Å². The van der Waals surface area contributed by atoms with Gasteiger partial charge in [0, 0.05) is 29.7 Å². The highest BCUT2D eigenvalue weighted by Gasteiger charge is 2.21. The molecular formula is C34H55IN2O2. The van der Waals surface area contributed by atoms with Gasteiger partial charge in [0.2, 0.25) is 5.69 Å². The Kier molecular flexibility index (Phi) is 18.4. The molecule has 0 aliphatic carbocycles. The van der Waals surface area contributed by atoms with E-state index in [2.05, 4.69) is 56.8 Å². The molecule has 2 aromatic rings. The zero-order chi connectivity index (χ0) is 27.6. The quantitative estimate of drug-likeness (QED) is 0.121. The summed E-state index contributed by atoms with van der Waals surface area (Å²) < 4.78 is 8.43. The fourth-order valence-corrected chi connectivity index (χ4v) is 4.91. The second kappa shape index (κ2) is 20.3. The van der Waals surface area contributed by atoms with Crippen LogP contribution in [0.1, 0.15) is 140 Å². The number of nitrogens with one attached hydrogen (secondary N) is 1. The van der Waals surface area contributed by atoms with Crippen LogP contribution in [0.5, 0.6) is 5.75 Å². The summed E-state index contributed by atoms with van der Waals surface area (Å²) in [6.07, 6.45) is 19.2. The summed E-state index contributed by atoms with van der Waals surface area (Å²) in [5.74, 6) is 0.857. The van der Waals surface area contributed by atoms with Gasteiger partial charge in [0.1, 0.15) is 18.8 Å². The van der Waals surface area contributed by atoms with Crippen molar-refractivity contribution in [2.45, 2.75) is 137 Å². The van der Waals surface area contributed by atoms with Crippen molar-refractivity contribution in [1.29, 1.82) is 0 Å². The molecule has 0 saturated carbocycles. The van der Waals surface area contributed by atoms with Gasteiger partial charge in [0.25, 0.3) is 5.91 Å². The summed E-state index contributed by atoms with van der Waals surface area (Å²) in [4.78, 5) is 13.0. The Morgan fingerprint density at radius 3 is 2.03 bits per heavy atom. The molecule has 0 radical (unpaired) electrons. The molecule has 220 valence electrons. The average molecular weight is 651 g/mol. The summed E-state index contributed by atoms with van der Waals surface area (Å²) in [5.41, 5.74) is 2.78. The first-order valence-corrected chi connectivity index (χ1v) is 15.4. The highest BCUT2D eigenvalue weighted by Crippen LogP contribution is 2.32. The third kappa shape index (κ3) is 14.0. The van der Waals surface area contributed by atoms with E-state index in [9.17, 15) is 4.79 Å². The van der Waals surface area contributed by atoms with E-state index in [-0.39, 0.29) is 35.3 Å². The molecule has 1 aromatic heterocycles. The molecule has 1 aromatic carbocycles. The number of ether oxygens (including phenoxy) is 1. The van der Waals surface area contributed by atoms with Crippen LogP contribution in [0.3, 0.4) is 0 Å². The van der Waals surface area contributed by atoms with E-state index < -0.39 is 0 Å². The second-order valence-corrected chi connectivity index (χ2v) is 11.8. The number of nitrogens with zero attached hydrogens (tertiary/aromatic N) is 1. The van der Waals surface area contributed by atoms with Gasteiger partial charge >= 0.3 is 0 Å². The monoisotopic (exact) mass is 650 g/mol. The van der Waals surface area contributed by atoms with Gasteiger partial charge < -0.3 is 34.0 Å². The van der Waals surface area contributed by atoms with Crippen molar-refractivity contribution in [2.75, 3.05) is 6.61 Å². The summed E-state index contributed by atoms with van der Waals surface area (Å²) >= 11 is 0. The molecule has 0 atom stereocenters. The largest absolute Gasteiger partial charge is 1.00 e. The molecule has 39 heavy (non-hydrogen) atoms. The lowest BCUT2D eigenvalue weighted by Gasteiger charge is -2.23. The predicted molar refractivity (Wildman–Crippen MR) is 160 cm³/mol. The van der Waals surface area contributed by atoms with Gasteiger partial charge in [0.15, 0.2) is 6.20 Å². The van der Waals surface area contributed by atoms with E-state index in [1.165, 1.54) is 70.6 Å². The normalized spacial score (nSPS) is 11.2. The number of amides is 1. The van der Waals surface area contributed by atoms with E-state index in [4.69, 9.17) is 4.74 Å². The maximum Gasteiger partial charge on any atom is 0.251 e. The van der Waals surface area contributed by atoms with Crippen molar-refractivity contribution in [1.82, 2.24) is 5.32 Å². The predicted octanol–water partition coefficient (Wildman–Crippen LogP) is 5.70. The van der Waals surface area contributed by atoms with E-state index in [0.717, 1.165) is 43.0 Å². The molecule has 1 N–H and O–H groups in total. The number of benzene rings is 1. The van der Waals surface area contributed by atoms with E-state index >= 15 is 0 Å². The molecule has 0 spiro atoms. The third-order valence-corrected chi connectivity index (χ3v) is 7.23. The minimum atomic E-state index is -0.105. The first-order chi connectivity index (χ1) is 18.4. The van der Waals surface area contributed by atoms with Crippen molar-refractivity contribution >= 4 is 5.91 Å². The average Bonchev–Trinajstić information content (AvgIpc) is 2.90. The maximum absolute atomic E-state index is 13.0. The van der Waals surface area contributed by atoms with E-state index in [1.807, 2.05) is 30.3 Å². The highest BCUT2D eigenvalue weighted by molar-refractivity contribution is 5.94. The molecule has 4 nitrogen and oxygen atoms in total. The van der Waals surface area contributed by atoms with Crippen molar-refractivity contribution in [2.24, 2.45) is 0 Å². The molecular weight excluding hydrogens is 595 g/mol. The van der Waals surface area contributed by atoms with Crippen molar-refractivity contribution in [3.8, 4) is 5.75 Å². The third-order valence-electron chi connectivity index (χ3n) is 7.23. The first kappa shape index (κ1) is 35.4. The standard InChI is InChI=1S/C34H54N2O2.HI/c1-6-8-9-10-11-12-13-14-15-16-17-20-26-38-32-23-22-29(27-31(32)34(3,4)5)33(37)35-28-30-21-18-19-25-36(30)24-7-2;/h18-19,21-23,25,27H,6-17,20,24,26,28H2,1-5H3;1H. The van der Waals surface area contributed by atoms with Crippen molar-refractivity contribution in [3.05, 3.63) is 59.4 Å². The Morgan fingerprint density at radius 1 is 0.821 bits per heavy atom. The Labute approximate surface area is 256 Å². The first-order valence-electron chi connectivity index (χ1n) is 15.4. The van der Waals surface area contributed by atoms with Gasteiger partial charge in [-0.15, -0.1) is 0 Å². The van der Waals surface area contributed by atoms with Crippen LogP contribution >= 0.6 is 0 Å². The SMILES string of the molecule is CCCCCCCCCCCCCCOc1ccc(C(=O)NCc2cccc[n+]2CCC)cc1C(C)(C)C.[I-]. The van der Waals surface area contributed by atoms with Gasteiger partial charge in [-0.2, -0.15) is 0 Å². The lowest BCUT2D eigenvalue weighted by molar-refractivity contribution is -0.704. The smallest absolute Gasteiger partial charge is 0.251 e. The molecule has 5 heteroatoms. The molecule has 1 heterocycles. The lowest BCUT2D eigenvalue weighted by atomic mass is 9.85. The Bertz CT molecular complexity index is 939. The minimum Gasteiger partial charge on any atom is -1.00 e. The molecule has 0 aliphatic heterocycles. The molecule has 0 saturated heterocycles. The molecule has 0 unspecified atom stereocenters. The van der Waals surface area contributed by atoms with Crippen LogP contribution < -0.4 is 38.6 Å². The van der Waals surface area contributed by atoms with Crippen LogP contribution in [0.15, 0.2) is 42.6 Å². The minimum absolute atomic E-state index is 0. The topological polar surface area (TPSA) is 42.2 Å². The number of aryl methyl sites for hydroxylation is 1. The lowest BCUT2D eigenvalue weighted by Crippen LogP contribution is -3.00. The van der Waals surface area contributed by atoms with Gasteiger partial charge in [-0.05, 0) is 30.0 Å². The molecule has 1 amide bonds. The number of pyridine rings is 1. The Morgan fingerprint density at radius 2 is 1.44 bits per heavy atom.